The zero-order chi connectivity index (χ0) is 19.2. The molecule has 0 aliphatic heterocycles. The summed E-state index contributed by atoms with van der Waals surface area (Å²) in [6.45, 7) is 1.48. The monoisotopic (exact) mass is 377 g/mol. The average molecular weight is 377 g/mol. The van der Waals surface area contributed by atoms with E-state index in [1.165, 1.54) is 6.26 Å². The third kappa shape index (κ3) is 4.21. The Kier molecular flexibility index (Phi) is 5.35. The van der Waals surface area contributed by atoms with Crippen molar-refractivity contribution in [3.8, 4) is 5.75 Å². The Morgan fingerprint density at radius 3 is 2.79 bits per heavy atom. The van der Waals surface area contributed by atoms with Crippen LogP contribution in [-0.2, 0) is 11.3 Å². The number of benzene rings is 2. The first kappa shape index (κ1) is 17.8. The largest absolute Gasteiger partial charge is 0.491 e. The Balaban J connectivity index is 1.30. The van der Waals surface area contributed by atoms with Crippen LogP contribution < -0.4 is 10.1 Å². The first-order chi connectivity index (χ1) is 13.8. The second kappa shape index (κ2) is 8.41. The lowest BCUT2D eigenvalue weighted by atomic mass is 10.2. The molecule has 1 amide bonds. The zero-order valence-corrected chi connectivity index (χ0v) is 15.1. The molecule has 0 bridgehead atoms. The normalized spacial score (nSPS) is 10.9. The van der Waals surface area contributed by atoms with Crippen LogP contribution in [0.3, 0.4) is 0 Å². The molecule has 0 saturated carbocycles. The van der Waals surface area contributed by atoms with Crippen molar-refractivity contribution in [1.82, 2.24) is 10.2 Å². The van der Waals surface area contributed by atoms with Crippen molar-refractivity contribution in [3.05, 3.63) is 78.3 Å². The molecule has 0 aliphatic rings. The van der Waals surface area contributed by atoms with Gasteiger partial charge in [0.1, 0.15) is 12.4 Å². The summed E-state index contributed by atoms with van der Waals surface area (Å²) in [4.78, 5) is 12.1. The molecule has 0 spiro atoms. The standard InChI is InChI=1S/C21H19N3O4/c25-21(19-7-4-10-28-19)22-20-17-9-8-16(13-18(17)23-24-20)27-12-11-26-14-15-5-2-1-3-6-15/h1-10,13H,11-12,14H2,(H2,22,23,24,25). The second-order valence-corrected chi connectivity index (χ2v) is 6.10. The van der Waals surface area contributed by atoms with Gasteiger partial charge in [-0.25, -0.2) is 0 Å². The molecule has 0 radical (unpaired) electrons. The predicted molar refractivity (Wildman–Crippen MR) is 104 cm³/mol. The van der Waals surface area contributed by atoms with Gasteiger partial charge < -0.3 is 19.2 Å². The lowest BCUT2D eigenvalue weighted by Gasteiger charge is -2.07. The number of amides is 1. The maximum absolute atomic E-state index is 12.1. The molecular weight excluding hydrogens is 358 g/mol. The maximum Gasteiger partial charge on any atom is 0.292 e. The number of ether oxygens (including phenoxy) is 2. The summed E-state index contributed by atoms with van der Waals surface area (Å²) in [6, 6.07) is 18.8. The van der Waals surface area contributed by atoms with E-state index < -0.39 is 0 Å². The Morgan fingerprint density at radius 1 is 1.07 bits per heavy atom. The summed E-state index contributed by atoms with van der Waals surface area (Å²) >= 11 is 0. The van der Waals surface area contributed by atoms with Crippen molar-refractivity contribution in [2.24, 2.45) is 0 Å². The highest BCUT2D eigenvalue weighted by Crippen LogP contribution is 2.25. The van der Waals surface area contributed by atoms with Gasteiger partial charge in [0.2, 0.25) is 0 Å². The molecule has 4 rings (SSSR count). The number of furan rings is 1. The molecule has 7 heteroatoms. The van der Waals surface area contributed by atoms with Crippen LogP contribution in [0.1, 0.15) is 16.1 Å². The van der Waals surface area contributed by atoms with Gasteiger partial charge in [0.05, 0.1) is 25.0 Å². The number of aromatic amines is 1. The van der Waals surface area contributed by atoms with Gasteiger partial charge in [-0.2, -0.15) is 5.10 Å². The molecule has 2 heterocycles. The molecule has 0 fully saturated rings. The SMILES string of the molecule is O=C(Nc1n[nH]c2cc(OCCOCc3ccccc3)ccc12)c1ccco1. The van der Waals surface area contributed by atoms with E-state index >= 15 is 0 Å². The highest BCUT2D eigenvalue weighted by atomic mass is 16.5. The van der Waals surface area contributed by atoms with Crippen LogP contribution in [0.2, 0.25) is 0 Å². The highest BCUT2D eigenvalue weighted by molar-refractivity contribution is 6.06. The van der Waals surface area contributed by atoms with E-state index in [0.29, 0.717) is 31.4 Å². The number of fused-ring (bicyclic) bond motifs is 1. The molecular formula is C21H19N3O4. The Bertz CT molecular complexity index is 1040. The molecule has 4 aromatic rings. The van der Waals surface area contributed by atoms with E-state index in [9.17, 15) is 4.79 Å². The van der Waals surface area contributed by atoms with Gasteiger partial charge in [0.15, 0.2) is 11.6 Å². The van der Waals surface area contributed by atoms with Crippen molar-refractivity contribution in [3.63, 3.8) is 0 Å². The van der Waals surface area contributed by atoms with Crippen LogP contribution in [0, 0.1) is 0 Å². The van der Waals surface area contributed by atoms with Gasteiger partial charge in [-0.05, 0) is 29.8 Å². The van der Waals surface area contributed by atoms with Crippen LogP contribution in [0.25, 0.3) is 10.9 Å². The smallest absolute Gasteiger partial charge is 0.292 e. The summed E-state index contributed by atoms with van der Waals surface area (Å²) in [7, 11) is 0. The van der Waals surface area contributed by atoms with Gasteiger partial charge in [-0.1, -0.05) is 30.3 Å². The highest BCUT2D eigenvalue weighted by Gasteiger charge is 2.13. The number of hydrogen-bond acceptors (Lipinski definition) is 5. The van der Waals surface area contributed by atoms with Gasteiger partial charge in [-0.15, -0.1) is 0 Å². The third-order valence-electron chi connectivity index (χ3n) is 4.12. The molecule has 2 aromatic carbocycles. The summed E-state index contributed by atoms with van der Waals surface area (Å²) < 4.78 is 16.4. The fourth-order valence-corrected chi connectivity index (χ4v) is 2.74. The lowest BCUT2D eigenvalue weighted by molar-refractivity contribution is 0.0889. The van der Waals surface area contributed by atoms with Crippen molar-refractivity contribution in [2.75, 3.05) is 18.5 Å². The molecule has 2 N–H and O–H groups in total. The van der Waals surface area contributed by atoms with Crippen LogP contribution in [0.15, 0.2) is 71.3 Å². The van der Waals surface area contributed by atoms with Gasteiger partial charge in [0, 0.05) is 11.5 Å². The number of rotatable bonds is 8. The molecule has 28 heavy (non-hydrogen) atoms. The molecule has 0 saturated heterocycles. The van der Waals surface area contributed by atoms with Crippen molar-refractivity contribution >= 4 is 22.6 Å². The number of anilines is 1. The number of aromatic nitrogens is 2. The number of nitrogens with zero attached hydrogens (tertiary/aromatic N) is 1. The van der Waals surface area contributed by atoms with E-state index in [0.717, 1.165) is 16.5 Å². The van der Waals surface area contributed by atoms with E-state index in [4.69, 9.17) is 13.9 Å². The summed E-state index contributed by atoms with van der Waals surface area (Å²) in [5, 5.41) is 10.6. The third-order valence-corrected chi connectivity index (χ3v) is 4.12. The molecule has 7 nitrogen and oxygen atoms in total. The number of hydrogen-bond donors (Lipinski definition) is 2. The average Bonchev–Trinajstić information content (AvgIpc) is 3.39. The van der Waals surface area contributed by atoms with Crippen LogP contribution >= 0.6 is 0 Å². The van der Waals surface area contributed by atoms with Gasteiger partial charge >= 0.3 is 0 Å². The minimum atomic E-state index is -0.353. The number of carbonyl (C=O) groups is 1. The summed E-state index contributed by atoms with van der Waals surface area (Å²) in [5.74, 6) is 1.01. The second-order valence-electron chi connectivity index (χ2n) is 6.10. The zero-order valence-electron chi connectivity index (χ0n) is 15.1. The summed E-state index contributed by atoms with van der Waals surface area (Å²) in [5.41, 5.74) is 1.89. The number of nitrogens with one attached hydrogen (secondary N) is 2. The van der Waals surface area contributed by atoms with Crippen molar-refractivity contribution < 1.29 is 18.7 Å². The molecule has 0 atom stereocenters. The Hall–Kier alpha value is -3.58. The quantitative estimate of drug-likeness (QED) is 0.453. The minimum Gasteiger partial charge on any atom is -0.491 e. The predicted octanol–water partition coefficient (Wildman–Crippen LogP) is 4.00. The molecule has 2 aromatic heterocycles. The topological polar surface area (TPSA) is 89.4 Å². The van der Waals surface area contributed by atoms with Crippen LogP contribution in [0.4, 0.5) is 5.82 Å². The number of carbonyl (C=O) groups excluding carboxylic acids is 1. The minimum absolute atomic E-state index is 0.228. The summed E-state index contributed by atoms with van der Waals surface area (Å²) in [6.07, 6.45) is 1.45. The molecule has 0 aliphatic carbocycles. The fraction of sp³-hybridized carbons (Fsp3) is 0.143. The maximum atomic E-state index is 12.1. The molecule has 0 unspecified atom stereocenters. The van der Waals surface area contributed by atoms with E-state index in [1.807, 2.05) is 48.5 Å². The first-order valence-corrected chi connectivity index (χ1v) is 8.87. The van der Waals surface area contributed by atoms with Crippen molar-refractivity contribution in [1.29, 1.82) is 0 Å². The molecule has 142 valence electrons. The Labute approximate surface area is 161 Å². The van der Waals surface area contributed by atoms with E-state index in [-0.39, 0.29) is 11.7 Å². The van der Waals surface area contributed by atoms with Crippen LogP contribution in [0.5, 0.6) is 5.75 Å². The van der Waals surface area contributed by atoms with E-state index in [1.54, 1.807) is 12.1 Å². The Morgan fingerprint density at radius 2 is 1.96 bits per heavy atom. The van der Waals surface area contributed by atoms with Crippen molar-refractivity contribution in [2.45, 2.75) is 6.61 Å². The lowest BCUT2D eigenvalue weighted by Crippen LogP contribution is -2.11. The number of H-pyrrole nitrogens is 1. The van der Waals surface area contributed by atoms with Crippen LogP contribution in [-0.4, -0.2) is 29.3 Å². The van der Waals surface area contributed by atoms with E-state index in [2.05, 4.69) is 15.5 Å². The van der Waals surface area contributed by atoms with Gasteiger partial charge in [-0.3, -0.25) is 9.89 Å². The van der Waals surface area contributed by atoms with Gasteiger partial charge in [0.25, 0.3) is 5.91 Å². The fourth-order valence-electron chi connectivity index (χ4n) is 2.74. The first-order valence-electron chi connectivity index (χ1n) is 8.87.